The lowest BCUT2D eigenvalue weighted by Crippen LogP contribution is -2.30. The Balaban J connectivity index is 5.25. The fourth-order valence-corrected chi connectivity index (χ4v) is 10.9. The molecule has 0 amide bonds. The van der Waals surface area contributed by atoms with Gasteiger partial charge in [0.2, 0.25) is 0 Å². The van der Waals surface area contributed by atoms with Gasteiger partial charge in [-0.3, -0.25) is 37.3 Å². The molecule has 486 valence electrons. The van der Waals surface area contributed by atoms with Gasteiger partial charge in [-0.25, -0.2) is 9.13 Å². The molecule has 0 aromatic rings. The summed E-state index contributed by atoms with van der Waals surface area (Å²) in [6.45, 7) is 11.7. The average molecular weight is 1210 g/mol. The second kappa shape index (κ2) is 54.5. The lowest BCUT2D eigenvalue weighted by atomic mass is 9.99. The van der Waals surface area contributed by atoms with E-state index in [-0.39, 0.29) is 25.7 Å². The van der Waals surface area contributed by atoms with Crippen molar-refractivity contribution in [3.05, 3.63) is 0 Å². The Kier molecular flexibility index (Phi) is 53.2. The van der Waals surface area contributed by atoms with Crippen LogP contribution in [0, 0.1) is 17.8 Å². The predicted molar refractivity (Wildman–Crippen MR) is 326 cm³/mol. The van der Waals surface area contributed by atoms with Crippen molar-refractivity contribution >= 4 is 39.5 Å². The summed E-state index contributed by atoms with van der Waals surface area (Å²) in [5, 5.41) is 10.5. The highest BCUT2D eigenvalue weighted by atomic mass is 31.2. The van der Waals surface area contributed by atoms with Gasteiger partial charge in [0.15, 0.2) is 12.2 Å². The van der Waals surface area contributed by atoms with E-state index >= 15 is 0 Å². The summed E-state index contributed by atoms with van der Waals surface area (Å²) >= 11 is 0. The van der Waals surface area contributed by atoms with Crippen molar-refractivity contribution in [1.82, 2.24) is 0 Å². The maximum absolute atomic E-state index is 13.0. The highest BCUT2D eigenvalue weighted by Crippen LogP contribution is 2.45. The first-order chi connectivity index (χ1) is 39.3. The summed E-state index contributed by atoms with van der Waals surface area (Å²) in [6, 6.07) is 0. The summed E-state index contributed by atoms with van der Waals surface area (Å²) in [6.07, 6.45) is 34.9. The van der Waals surface area contributed by atoms with Gasteiger partial charge in [0.05, 0.1) is 26.4 Å². The normalized spacial score (nSPS) is 14.7. The van der Waals surface area contributed by atoms with Gasteiger partial charge in [0.25, 0.3) is 0 Å². The van der Waals surface area contributed by atoms with Gasteiger partial charge in [0.1, 0.15) is 19.3 Å². The number of phosphoric acid groups is 2. The van der Waals surface area contributed by atoms with Crippen molar-refractivity contribution < 1.29 is 80.2 Å². The van der Waals surface area contributed by atoms with E-state index in [1.807, 2.05) is 0 Å². The van der Waals surface area contributed by atoms with Gasteiger partial charge in [-0.15, -0.1) is 0 Å². The molecule has 6 atom stereocenters. The second-order valence-electron chi connectivity index (χ2n) is 24.0. The molecule has 0 saturated carbocycles. The van der Waals surface area contributed by atoms with E-state index < -0.39 is 97.5 Å². The molecule has 0 aliphatic rings. The molecule has 0 aliphatic carbocycles. The Bertz CT molecular complexity index is 1630. The van der Waals surface area contributed by atoms with Gasteiger partial charge in [-0.05, 0) is 43.4 Å². The molecule has 0 aromatic heterocycles. The number of phosphoric ester groups is 2. The monoisotopic (exact) mass is 1210 g/mol. The molecular weight excluding hydrogens is 1090 g/mol. The Hall–Kier alpha value is -1.94. The maximum atomic E-state index is 13.0. The van der Waals surface area contributed by atoms with E-state index in [2.05, 4.69) is 48.5 Å². The smallest absolute Gasteiger partial charge is 0.462 e. The van der Waals surface area contributed by atoms with Crippen molar-refractivity contribution in [3.63, 3.8) is 0 Å². The van der Waals surface area contributed by atoms with Crippen molar-refractivity contribution in [3.8, 4) is 0 Å². The summed E-state index contributed by atoms with van der Waals surface area (Å²) in [4.78, 5) is 72.1. The first-order valence-electron chi connectivity index (χ1n) is 32.9. The fraction of sp³-hybridized carbons (Fsp3) is 0.937. The number of esters is 4. The van der Waals surface area contributed by atoms with Crippen LogP contribution in [-0.2, 0) is 65.4 Å². The minimum Gasteiger partial charge on any atom is -0.462 e. The molecular formula is C63H122O17P2. The van der Waals surface area contributed by atoms with E-state index in [1.54, 1.807) is 0 Å². The van der Waals surface area contributed by atoms with E-state index in [0.717, 1.165) is 102 Å². The number of rotatable bonds is 61. The van der Waals surface area contributed by atoms with Crippen LogP contribution in [0.2, 0.25) is 0 Å². The van der Waals surface area contributed by atoms with Gasteiger partial charge >= 0.3 is 39.5 Å². The molecule has 0 aromatic carbocycles. The van der Waals surface area contributed by atoms with Crippen molar-refractivity contribution in [1.29, 1.82) is 0 Å². The Labute approximate surface area is 498 Å². The zero-order valence-corrected chi connectivity index (χ0v) is 54.7. The Morgan fingerprint density at radius 1 is 0.354 bits per heavy atom. The number of hydrogen-bond donors (Lipinski definition) is 3. The van der Waals surface area contributed by atoms with E-state index in [0.29, 0.717) is 31.6 Å². The molecule has 0 bridgehead atoms. The van der Waals surface area contributed by atoms with Gasteiger partial charge < -0.3 is 33.8 Å². The summed E-state index contributed by atoms with van der Waals surface area (Å²) in [5.74, 6) is 0.0504. The van der Waals surface area contributed by atoms with Crippen LogP contribution in [0.4, 0.5) is 0 Å². The molecule has 3 unspecified atom stereocenters. The van der Waals surface area contributed by atoms with E-state index in [9.17, 15) is 43.2 Å². The molecule has 0 fully saturated rings. The number of ether oxygens (including phenoxy) is 4. The number of aliphatic hydroxyl groups excluding tert-OH is 1. The van der Waals surface area contributed by atoms with Crippen LogP contribution in [0.1, 0.15) is 305 Å². The SMILES string of the molecule is CCCCCCCCCCCC(=O)OC[C@H](COP(=O)(O)OC[C@H](O)COP(=O)(O)OC[C@@H](COC(=O)CCCCCCCCCCC(C)C)OC(=O)CCCCCCCCCCC(C)CC)OC(=O)CCCCCCCCCC(C)C. The Morgan fingerprint density at radius 3 is 0.927 bits per heavy atom. The molecule has 0 spiro atoms. The van der Waals surface area contributed by atoms with E-state index in [4.69, 9.17) is 37.0 Å². The lowest BCUT2D eigenvalue weighted by Gasteiger charge is -2.21. The summed E-state index contributed by atoms with van der Waals surface area (Å²) < 4.78 is 67.9. The number of carbonyl (C=O) groups excluding carboxylic acids is 4. The average Bonchev–Trinajstić information content (AvgIpc) is 3.43. The van der Waals surface area contributed by atoms with Crippen LogP contribution in [0.25, 0.3) is 0 Å². The minimum absolute atomic E-state index is 0.103. The second-order valence-corrected chi connectivity index (χ2v) is 26.9. The molecule has 0 heterocycles. The predicted octanol–water partition coefficient (Wildman–Crippen LogP) is 17.1. The van der Waals surface area contributed by atoms with Crippen LogP contribution >= 0.6 is 15.6 Å². The standard InChI is InChI=1S/C63H122O17P2/c1-8-10-11-12-13-14-23-30-37-44-60(65)73-51-59(80-63(68)47-40-33-26-19-21-28-35-42-55(5)6)53-78-82(71,72)76-49-57(64)48-75-81(69,70)77-52-58(50-74-61(66)45-38-31-24-17-15-20-27-34-41-54(3)4)79-62(67)46-39-32-25-18-16-22-29-36-43-56(7)9-2/h54-59,64H,8-53H2,1-7H3,(H,69,70)(H,71,72)/t56?,57-,58-,59-/m1/s1. The van der Waals surface area contributed by atoms with Gasteiger partial charge in [-0.1, -0.05) is 254 Å². The van der Waals surface area contributed by atoms with Crippen molar-refractivity contribution in [2.24, 2.45) is 17.8 Å². The van der Waals surface area contributed by atoms with Gasteiger partial charge in [-0.2, -0.15) is 0 Å². The lowest BCUT2D eigenvalue weighted by molar-refractivity contribution is -0.161. The third-order valence-electron chi connectivity index (χ3n) is 14.7. The summed E-state index contributed by atoms with van der Waals surface area (Å²) in [5.41, 5.74) is 0. The molecule has 0 saturated heterocycles. The highest BCUT2D eigenvalue weighted by molar-refractivity contribution is 7.47. The molecule has 19 heteroatoms. The molecule has 0 radical (unpaired) electrons. The first-order valence-corrected chi connectivity index (χ1v) is 35.9. The fourth-order valence-electron chi connectivity index (χ4n) is 9.27. The number of unbranched alkanes of at least 4 members (excludes halogenated alkanes) is 28. The number of carbonyl (C=O) groups is 4. The van der Waals surface area contributed by atoms with Crippen LogP contribution in [0.15, 0.2) is 0 Å². The van der Waals surface area contributed by atoms with Crippen molar-refractivity contribution in [2.75, 3.05) is 39.6 Å². The molecule has 17 nitrogen and oxygen atoms in total. The maximum Gasteiger partial charge on any atom is 0.472 e. The van der Waals surface area contributed by atoms with E-state index in [1.165, 1.54) is 116 Å². The molecule has 3 N–H and O–H groups in total. The van der Waals surface area contributed by atoms with Crippen LogP contribution in [0.5, 0.6) is 0 Å². The minimum atomic E-state index is -4.94. The highest BCUT2D eigenvalue weighted by Gasteiger charge is 2.30. The summed E-state index contributed by atoms with van der Waals surface area (Å²) in [7, 11) is -9.88. The third kappa shape index (κ3) is 55.9. The first kappa shape index (κ1) is 80.1. The Morgan fingerprint density at radius 2 is 0.622 bits per heavy atom. The third-order valence-corrected chi connectivity index (χ3v) is 16.6. The van der Waals surface area contributed by atoms with Crippen molar-refractivity contribution in [2.45, 2.75) is 324 Å². The molecule has 82 heavy (non-hydrogen) atoms. The van der Waals surface area contributed by atoms with Crippen LogP contribution in [0.3, 0.4) is 0 Å². The molecule has 0 aliphatic heterocycles. The largest absolute Gasteiger partial charge is 0.472 e. The zero-order valence-electron chi connectivity index (χ0n) is 52.9. The van der Waals surface area contributed by atoms with Crippen LogP contribution in [-0.4, -0.2) is 96.7 Å². The molecule has 0 rings (SSSR count). The van der Waals surface area contributed by atoms with Gasteiger partial charge in [0, 0.05) is 25.7 Å². The van der Waals surface area contributed by atoms with Crippen LogP contribution < -0.4 is 0 Å². The number of hydrogen-bond acceptors (Lipinski definition) is 15. The quantitative estimate of drug-likeness (QED) is 0.0222. The topological polar surface area (TPSA) is 237 Å². The number of aliphatic hydroxyl groups is 1. The zero-order chi connectivity index (χ0) is 61.0.